The monoisotopic (exact) mass is 380 g/mol. The Hall–Kier alpha value is -4.41. The van der Waals surface area contributed by atoms with Gasteiger partial charge in [0.05, 0.1) is 21.5 Å². The number of carbonyl (C=O) groups excluding carboxylic acids is 1. The van der Waals surface area contributed by atoms with Crippen LogP contribution in [0.2, 0.25) is 0 Å². The van der Waals surface area contributed by atoms with Gasteiger partial charge in [0.25, 0.3) is 17.3 Å². The molecule has 3 rings (SSSR count). The highest BCUT2D eigenvalue weighted by molar-refractivity contribution is 6.10. The molecule has 1 amide bonds. The van der Waals surface area contributed by atoms with E-state index < -0.39 is 27.1 Å². The minimum absolute atomic E-state index is 0.186. The summed E-state index contributed by atoms with van der Waals surface area (Å²) in [7, 11) is 0. The molecular weight excluding hydrogens is 368 g/mol. The van der Waals surface area contributed by atoms with Crippen LogP contribution in [0.4, 0.5) is 28.7 Å². The second-order valence-electron chi connectivity index (χ2n) is 5.41. The lowest BCUT2D eigenvalue weighted by molar-refractivity contribution is -0.393. The lowest BCUT2D eigenvalue weighted by Crippen LogP contribution is -2.16. The van der Waals surface area contributed by atoms with Crippen molar-refractivity contribution in [3.63, 3.8) is 0 Å². The van der Waals surface area contributed by atoms with Gasteiger partial charge in [0, 0.05) is 18.5 Å². The summed E-state index contributed by atoms with van der Waals surface area (Å²) in [6, 6.07) is 11.3. The van der Waals surface area contributed by atoms with E-state index in [9.17, 15) is 25.0 Å². The highest BCUT2D eigenvalue weighted by Gasteiger charge is 2.28. The summed E-state index contributed by atoms with van der Waals surface area (Å²) in [6.45, 7) is 0. The first-order valence-electron chi connectivity index (χ1n) is 7.83. The van der Waals surface area contributed by atoms with Crippen molar-refractivity contribution >= 4 is 34.6 Å². The average molecular weight is 380 g/mol. The Bertz CT molecular complexity index is 1040. The molecule has 11 nitrogen and oxygen atoms in total. The molecule has 0 aliphatic heterocycles. The summed E-state index contributed by atoms with van der Waals surface area (Å²) >= 11 is 0. The van der Waals surface area contributed by atoms with Crippen molar-refractivity contribution in [3.05, 3.63) is 86.7 Å². The summed E-state index contributed by atoms with van der Waals surface area (Å²) in [5, 5.41) is 27.8. The molecule has 0 unspecified atom stereocenters. The average Bonchev–Trinajstić information content (AvgIpc) is 2.69. The van der Waals surface area contributed by atoms with Gasteiger partial charge in [0.1, 0.15) is 17.3 Å². The molecule has 0 saturated carbocycles. The Balaban J connectivity index is 2.12. The third kappa shape index (κ3) is 4.04. The molecule has 1 aromatic carbocycles. The second-order valence-corrected chi connectivity index (χ2v) is 5.41. The van der Waals surface area contributed by atoms with Gasteiger partial charge in [-0.2, -0.15) is 0 Å². The topological polar surface area (TPSA) is 153 Å². The van der Waals surface area contributed by atoms with Crippen molar-refractivity contribution < 1.29 is 14.6 Å². The van der Waals surface area contributed by atoms with Gasteiger partial charge in [0.2, 0.25) is 0 Å². The van der Waals surface area contributed by atoms with Gasteiger partial charge >= 0.3 is 0 Å². The second kappa shape index (κ2) is 7.86. The number of hydrogen-bond acceptors (Lipinski definition) is 8. The number of rotatable bonds is 6. The maximum Gasteiger partial charge on any atom is 0.300 e. The largest absolute Gasteiger partial charge is 0.334 e. The molecule has 0 radical (unpaired) electrons. The third-order valence-electron chi connectivity index (χ3n) is 3.58. The van der Waals surface area contributed by atoms with Crippen molar-refractivity contribution in [3.8, 4) is 0 Å². The minimum Gasteiger partial charge on any atom is -0.334 e. The summed E-state index contributed by atoms with van der Waals surface area (Å²) in [6.07, 6.45) is 2.89. The van der Waals surface area contributed by atoms with Crippen LogP contribution in [-0.4, -0.2) is 25.7 Å². The van der Waals surface area contributed by atoms with Crippen LogP contribution in [-0.2, 0) is 0 Å². The Morgan fingerprint density at radius 2 is 1.54 bits per heavy atom. The van der Waals surface area contributed by atoms with Crippen LogP contribution >= 0.6 is 0 Å². The van der Waals surface area contributed by atoms with Gasteiger partial charge in [-0.1, -0.05) is 12.1 Å². The lowest BCUT2D eigenvalue weighted by atomic mass is 10.1. The van der Waals surface area contributed by atoms with Crippen LogP contribution in [0.5, 0.6) is 0 Å². The predicted octanol–water partition coefficient (Wildman–Crippen LogP) is 3.29. The van der Waals surface area contributed by atoms with Crippen molar-refractivity contribution in [1.82, 2.24) is 9.97 Å². The van der Waals surface area contributed by atoms with Crippen LogP contribution in [0.3, 0.4) is 0 Å². The first-order valence-corrected chi connectivity index (χ1v) is 7.83. The Morgan fingerprint density at radius 1 is 0.893 bits per heavy atom. The number of nitrogens with zero attached hydrogens (tertiary/aromatic N) is 4. The number of nitrogens with one attached hydrogen (secondary N) is 2. The summed E-state index contributed by atoms with van der Waals surface area (Å²) in [5.74, 6) is -0.388. The Morgan fingerprint density at radius 3 is 2.07 bits per heavy atom. The smallest absolute Gasteiger partial charge is 0.300 e. The maximum absolute atomic E-state index is 12.7. The van der Waals surface area contributed by atoms with E-state index in [2.05, 4.69) is 20.6 Å². The molecule has 2 aromatic heterocycles. The fourth-order valence-electron chi connectivity index (χ4n) is 2.36. The van der Waals surface area contributed by atoms with E-state index in [1.165, 1.54) is 24.5 Å². The van der Waals surface area contributed by atoms with Crippen molar-refractivity contribution in [1.29, 1.82) is 0 Å². The molecule has 28 heavy (non-hydrogen) atoms. The molecule has 140 valence electrons. The molecule has 2 heterocycles. The van der Waals surface area contributed by atoms with Crippen molar-refractivity contribution in [2.24, 2.45) is 0 Å². The molecule has 0 atom stereocenters. The lowest BCUT2D eigenvalue weighted by Gasteiger charge is -2.12. The molecule has 2 N–H and O–H groups in total. The molecule has 11 heteroatoms. The molecule has 0 aliphatic carbocycles. The quantitative estimate of drug-likeness (QED) is 0.488. The highest BCUT2D eigenvalue weighted by Crippen LogP contribution is 2.35. The number of carbonyl (C=O) groups is 1. The van der Waals surface area contributed by atoms with Gasteiger partial charge in [-0.15, -0.1) is 0 Å². The van der Waals surface area contributed by atoms with Crippen LogP contribution in [0.15, 0.2) is 60.9 Å². The first kappa shape index (κ1) is 18.4. The van der Waals surface area contributed by atoms with E-state index in [4.69, 9.17) is 0 Å². The number of hydrogen-bond donors (Lipinski definition) is 2. The molecule has 0 fully saturated rings. The zero-order chi connectivity index (χ0) is 20.1. The Labute approximate surface area is 157 Å². The number of non-ortho nitro benzene ring substituents is 1. The van der Waals surface area contributed by atoms with E-state index in [0.717, 1.165) is 12.1 Å². The number of benzene rings is 1. The van der Waals surface area contributed by atoms with Gasteiger partial charge < -0.3 is 10.6 Å². The fourth-order valence-corrected chi connectivity index (χ4v) is 2.36. The fraction of sp³-hybridized carbons (Fsp3) is 0. The molecule has 0 spiro atoms. The summed E-state index contributed by atoms with van der Waals surface area (Å²) in [5.41, 5.74) is -1.74. The number of pyridine rings is 2. The predicted molar refractivity (Wildman–Crippen MR) is 99.5 cm³/mol. The van der Waals surface area contributed by atoms with Gasteiger partial charge in [-0.3, -0.25) is 25.0 Å². The number of nitro benzene ring substituents is 2. The molecule has 0 aliphatic rings. The standard InChI is InChI=1S/C17H12N6O5/c24-17(21-15-6-2-4-8-19-15)12-9-11(22(25)26)10-13(23(27)28)16(12)20-14-5-1-3-7-18-14/h1-10H,(H,18,20)(H,19,21,24). The van der Waals surface area contributed by atoms with Crippen LogP contribution < -0.4 is 10.6 Å². The van der Waals surface area contributed by atoms with Gasteiger partial charge in [-0.25, -0.2) is 9.97 Å². The van der Waals surface area contributed by atoms with E-state index in [1.807, 2.05) is 0 Å². The molecule has 3 aromatic rings. The van der Waals surface area contributed by atoms with Crippen molar-refractivity contribution in [2.75, 3.05) is 10.6 Å². The van der Waals surface area contributed by atoms with Crippen LogP contribution in [0.25, 0.3) is 0 Å². The van der Waals surface area contributed by atoms with Gasteiger partial charge in [-0.05, 0) is 24.3 Å². The summed E-state index contributed by atoms with van der Waals surface area (Å²) in [4.78, 5) is 41.7. The Kier molecular flexibility index (Phi) is 5.16. The molecule has 0 bridgehead atoms. The van der Waals surface area contributed by atoms with Crippen LogP contribution in [0, 0.1) is 20.2 Å². The van der Waals surface area contributed by atoms with Crippen molar-refractivity contribution in [2.45, 2.75) is 0 Å². The number of amides is 1. The number of nitro groups is 2. The van der Waals surface area contributed by atoms with E-state index in [-0.39, 0.29) is 22.9 Å². The summed E-state index contributed by atoms with van der Waals surface area (Å²) < 4.78 is 0. The van der Waals surface area contributed by atoms with E-state index >= 15 is 0 Å². The van der Waals surface area contributed by atoms with E-state index in [1.54, 1.807) is 24.3 Å². The first-order chi connectivity index (χ1) is 13.5. The van der Waals surface area contributed by atoms with Gasteiger partial charge in [0.15, 0.2) is 0 Å². The highest BCUT2D eigenvalue weighted by atomic mass is 16.6. The molecular formula is C17H12N6O5. The zero-order valence-electron chi connectivity index (χ0n) is 14.1. The third-order valence-corrected chi connectivity index (χ3v) is 3.58. The van der Waals surface area contributed by atoms with E-state index in [0.29, 0.717) is 0 Å². The van der Waals surface area contributed by atoms with Crippen LogP contribution in [0.1, 0.15) is 10.4 Å². The number of aromatic nitrogens is 2. The SMILES string of the molecule is O=C(Nc1ccccn1)c1cc([N+](=O)[O-])cc([N+](=O)[O-])c1Nc1ccccn1. The maximum atomic E-state index is 12.7. The minimum atomic E-state index is -0.810. The molecule has 0 saturated heterocycles. The zero-order valence-corrected chi connectivity index (χ0v) is 14.1. The normalized spacial score (nSPS) is 10.1. The number of anilines is 3.